The lowest BCUT2D eigenvalue weighted by atomic mass is 10.0. The number of carboxylic acids is 1. The number of aryl methyl sites for hydroxylation is 2. The summed E-state index contributed by atoms with van der Waals surface area (Å²) < 4.78 is 16.5. The van der Waals surface area contributed by atoms with E-state index in [1.165, 1.54) is 19.2 Å². The lowest BCUT2D eigenvalue weighted by Gasteiger charge is -2.13. The van der Waals surface area contributed by atoms with Gasteiger partial charge in [0.25, 0.3) is 5.91 Å². The summed E-state index contributed by atoms with van der Waals surface area (Å²) >= 11 is 0. The predicted molar refractivity (Wildman–Crippen MR) is 147 cm³/mol. The third kappa shape index (κ3) is 7.35. The van der Waals surface area contributed by atoms with Gasteiger partial charge in [0, 0.05) is 30.5 Å². The molecule has 1 heterocycles. The maximum Gasteiger partial charge on any atom is 0.337 e. The van der Waals surface area contributed by atoms with E-state index >= 15 is 0 Å². The molecule has 1 aromatic heterocycles. The van der Waals surface area contributed by atoms with Crippen LogP contribution < -0.4 is 10.1 Å². The van der Waals surface area contributed by atoms with E-state index in [2.05, 4.69) is 15.0 Å². The Morgan fingerprint density at radius 3 is 2.35 bits per heavy atom. The zero-order chi connectivity index (χ0) is 28.5. The van der Waals surface area contributed by atoms with Crippen molar-refractivity contribution >= 4 is 17.8 Å². The maximum absolute atomic E-state index is 12.7. The minimum atomic E-state index is -0.904. The zero-order valence-corrected chi connectivity index (χ0v) is 22.3. The van der Waals surface area contributed by atoms with Gasteiger partial charge in [0.15, 0.2) is 0 Å². The average molecular weight is 543 g/mol. The number of rotatable bonds is 12. The van der Waals surface area contributed by atoms with Gasteiger partial charge >= 0.3 is 11.9 Å². The molecule has 9 heteroatoms. The van der Waals surface area contributed by atoms with Crippen LogP contribution in [0.3, 0.4) is 0 Å². The lowest BCUT2D eigenvalue weighted by molar-refractivity contribution is -0.136. The van der Waals surface area contributed by atoms with Gasteiger partial charge in [-0.05, 0) is 73.0 Å². The summed E-state index contributed by atoms with van der Waals surface area (Å²) in [5.41, 5.74) is 3.99. The van der Waals surface area contributed by atoms with E-state index in [1.807, 2.05) is 49.4 Å². The number of carbonyl (C=O) groups is 3. The van der Waals surface area contributed by atoms with Gasteiger partial charge < -0.3 is 24.3 Å². The first kappa shape index (κ1) is 28.1. The minimum absolute atomic E-state index is 0.0364. The van der Waals surface area contributed by atoms with Crippen LogP contribution in [-0.4, -0.2) is 41.7 Å². The van der Waals surface area contributed by atoms with E-state index in [-0.39, 0.29) is 18.9 Å². The molecular formula is C31H30N2O7. The number of carbonyl (C=O) groups excluding carboxylic acids is 2. The molecule has 0 atom stereocenters. The number of nitrogens with one attached hydrogen (secondary N) is 1. The Kier molecular flexibility index (Phi) is 9.30. The number of ether oxygens (including phenoxy) is 2. The van der Waals surface area contributed by atoms with Crippen molar-refractivity contribution in [2.45, 2.75) is 32.7 Å². The quantitative estimate of drug-likeness (QED) is 0.239. The Morgan fingerprint density at radius 1 is 0.925 bits per heavy atom. The molecule has 4 rings (SSSR count). The van der Waals surface area contributed by atoms with E-state index in [0.29, 0.717) is 42.2 Å². The van der Waals surface area contributed by atoms with E-state index in [9.17, 15) is 14.4 Å². The molecule has 0 bridgehead atoms. The molecule has 0 radical (unpaired) electrons. The van der Waals surface area contributed by atoms with Gasteiger partial charge in [-0.3, -0.25) is 9.59 Å². The van der Waals surface area contributed by atoms with Crippen molar-refractivity contribution in [3.8, 4) is 17.2 Å². The monoisotopic (exact) mass is 542 g/mol. The average Bonchev–Trinajstić information content (AvgIpc) is 3.35. The molecular weight excluding hydrogens is 512 g/mol. The Morgan fingerprint density at radius 2 is 1.65 bits per heavy atom. The van der Waals surface area contributed by atoms with Crippen LogP contribution in [0.4, 0.5) is 0 Å². The summed E-state index contributed by atoms with van der Waals surface area (Å²) in [5, 5.41) is 12.0. The summed E-state index contributed by atoms with van der Waals surface area (Å²) in [6.45, 7) is 2.40. The number of nitrogens with zero attached hydrogens (tertiary/aromatic N) is 1. The first-order valence-corrected chi connectivity index (χ1v) is 12.8. The van der Waals surface area contributed by atoms with Crippen molar-refractivity contribution in [3.63, 3.8) is 0 Å². The van der Waals surface area contributed by atoms with Crippen molar-refractivity contribution in [3.05, 3.63) is 107 Å². The molecule has 0 aliphatic heterocycles. The number of amides is 1. The molecule has 3 aromatic carbocycles. The van der Waals surface area contributed by atoms with Crippen LogP contribution in [0.2, 0.25) is 0 Å². The number of benzene rings is 3. The molecule has 0 unspecified atom stereocenters. The van der Waals surface area contributed by atoms with Crippen LogP contribution in [0.1, 0.15) is 49.7 Å². The maximum atomic E-state index is 12.7. The van der Waals surface area contributed by atoms with Crippen LogP contribution in [-0.2, 0) is 28.9 Å². The fourth-order valence-electron chi connectivity index (χ4n) is 4.12. The van der Waals surface area contributed by atoms with Gasteiger partial charge in [0.1, 0.15) is 11.5 Å². The molecule has 0 fully saturated rings. The summed E-state index contributed by atoms with van der Waals surface area (Å²) in [6, 6.07) is 21.2. The molecule has 1 amide bonds. The Hall–Kier alpha value is -4.92. The Balaban J connectivity index is 1.41. The molecule has 2 N–H and O–H groups in total. The second-order valence-electron chi connectivity index (χ2n) is 9.06. The van der Waals surface area contributed by atoms with Crippen LogP contribution in [0.5, 0.6) is 5.75 Å². The fraction of sp³-hybridized carbons (Fsp3) is 0.226. The number of esters is 1. The number of aliphatic carboxylic acids is 1. The van der Waals surface area contributed by atoms with Crippen molar-refractivity contribution in [2.75, 3.05) is 13.7 Å². The number of hydrogen-bond donors (Lipinski definition) is 2. The lowest BCUT2D eigenvalue weighted by Crippen LogP contribution is -2.23. The highest BCUT2D eigenvalue weighted by atomic mass is 16.5. The smallest absolute Gasteiger partial charge is 0.337 e. The van der Waals surface area contributed by atoms with Crippen LogP contribution in [0, 0.1) is 6.92 Å². The molecule has 40 heavy (non-hydrogen) atoms. The van der Waals surface area contributed by atoms with Gasteiger partial charge in [-0.1, -0.05) is 24.3 Å². The second-order valence-corrected chi connectivity index (χ2v) is 9.06. The van der Waals surface area contributed by atoms with E-state index in [4.69, 9.17) is 14.3 Å². The molecule has 206 valence electrons. The van der Waals surface area contributed by atoms with Gasteiger partial charge in [0.05, 0.1) is 25.0 Å². The van der Waals surface area contributed by atoms with E-state index < -0.39 is 11.9 Å². The molecule has 0 saturated carbocycles. The number of oxazole rings is 1. The predicted octanol–water partition coefficient (Wildman–Crippen LogP) is 5.01. The molecule has 0 aliphatic rings. The van der Waals surface area contributed by atoms with Crippen molar-refractivity contribution in [2.24, 2.45) is 0 Å². The third-order valence-electron chi connectivity index (χ3n) is 6.31. The van der Waals surface area contributed by atoms with Gasteiger partial charge in [0.2, 0.25) is 5.89 Å². The second kappa shape index (κ2) is 13.2. The van der Waals surface area contributed by atoms with Crippen molar-refractivity contribution < 1.29 is 33.4 Å². The SMILES string of the molecule is COC(=O)c1ccc(C(=O)NCc2cc(OCCc3nc(-c4ccccc4)oc3C)ccc2CCC(=O)O)cc1. The van der Waals surface area contributed by atoms with Crippen LogP contribution in [0.25, 0.3) is 11.5 Å². The minimum Gasteiger partial charge on any atom is -0.493 e. The molecule has 9 nitrogen and oxygen atoms in total. The summed E-state index contributed by atoms with van der Waals surface area (Å²) in [4.78, 5) is 40.1. The first-order valence-electron chi connectivity index (χ1n) is 12.8. The van der Waals surface area contributed by atoms with Crippen molar-refractivity contribution in [1.29, 1.82) is 0 Å². The number of hydrogen-bond acceptors (Lipinski definition) is 7. The first-order chi connectivity index (χ1) is 19.3. The molecule has 0 saturated heterocycles. The van der Waals surface area contributed by atoms with Crippen molar-refractivity contribution in [1.82, 2.24) is 10.3 Å². The zero-order valence-electron chi connectivity index (χ0n) is 22.3. The summed E-state index contributed by atoms with van der Waals surface area (Å²) in [7, 11) is 1.29. The van der Waals surface area contributed by atoms with Crippen LogP contribution >= 0.6 is 0 Å². The fourth-order valence-corrected chi connectivity index (χ4v) is 4.12. The van der Waals surface area contributed by atoms with E-state index in [1.54, 1.807) is 18.2 Å². The molecule has 0 spiro atoms. The van der Waals surface area contributed by atoms with Gasteiger partial charge in [-0.15, -0.1) is 0 Å². The third-order valence-corrected chi connectivity index (χ3v) is 6.31. The highest BCUT2D eigenvalue weighted by Gasteiger charge is 2.14. The van der Waals surface area contributed by atoms with Crippen LogP contribution in [0.15, 0.2) is 77.2 Å². The Bertz CT molecular complexity index is 1480. The largest absolute Gasteiger partial charge is 0.493 e. The number of carboxylic acid groups (broad SMARTS) is 1. The van der Waals surface area contributed by atoms with E-state index in [0.717, 1.165) is 28.1 Å². The van der Waals surface area contributed by atoms with Gasteiger partial charge in [-0.2, -0.15) is 0 Å². The highest BCUT2D eigenvalue weighted by Crippen LogP contribution is 2.23. The summed E-state index contributed by atoms with van der Waals surface area (Å²) in [6.07, 6.45) is 0.816. The summed E-state index contributed by atoms with van der Waals surface area (Å²) in [5.74, 6) is 0.169. The highest BCUT2D eigenvalue weighted by molar-refractivity contribution is 5.96. The standard InChI is InChI=1S/C31H30N2O7/c1-20-27(33-30(40-20)23-6-4-3-5-7-23)16-17-39-26-14-12-21(13-15-28(34)35)25(18-26)19-32-29(36)22-8-10-24(11-9-22)31(37)38-2/h3-12,14,18H,13,15-17,19H2,1-2H3,(H,32,36)(H,34,35). The normalized spacial score (nSPS) is 10.7. The molecule has 0 aliphatic carbocycles. The Labute approximate surface area is 231 Å². The number of methoxy groups -OCH3 is 1. The molecule has 4 aromatic rings. The topological polar surface area (TPSA) is 128 Å². The van der Waals surface area contributed by atoms with Gasteiger partial charge in [-0.25, -0.2) is 9.78 Å². The number of aromatic nitrogens is 1.